The van der Waals surface area contributed by atoms with Crippen LogP contribution in [0.1, 0.15) is 45.1 Å². The second-order valence-corrected chi connectivity index (χ2v) is 5.34. The Kier molecular flexibility index (Phi) is 9.38. The topological polar surface area (TPSA) is 24.1 Å². The number of hydrogen-bond acceptors (Lipinski definition) is 2. The number of nitrogens with one attached hydrogen (secondary N) is 2. The molecule has 2 heteroatoms. The minimum Gasteiger partial charge on any atom is -0.315 e. The Morgan fingerprint density at radius 3 is 2.53 bits per heavy atom. The first-order valence-electron chi connectivity index (χ1n) is 7.81. The zero-order valence-corrected chi connectivity index (χ0v) is 12.6. The van der Waals surface area contributed by atoms with E-state index in [1.807, 2.05) is 0 Å². The molecule has 2 nitrogen and oxygen atoms in total. The van der Waals surface area contributed by atoms with Gasteiger partial charge in [0.1, 0.15) is 0 Å². The number of rotatable bonds is 11. The van der Waals surface area contributed by atoms with E-state index in [1.165, 1.54) is 31.2 Å². The molecule has 0 aliphatic carbocycles. The summed E-state index contributed by atoms with van der Waals surface area (Å²) in [7, 11) is 0. The van der Waals surface area contributed by atoms with E-state index in [1.54, 1.807) is 0 Å². The first-order chi connectivity index (χ1) is 9.33. The van der Waals surface area contributed by atoms with Crippen molar-refractivity contribution >= 4 is 0 Å². The molecular formula is C17H30N2. The van der Waals surface area contributed by atoms with Crippen molar-refractivity contribution in [2.75, 3.05) is 19.6 Å². The van der Waals surface area contributed by atoms with Crippen LogP contribution in [0.2, 0.25) is 0 Å². The maximum absolute atomic E-state index is 3.58. The van der Waals surface area contributed by atoms with E-state index < -0.39 is 0 Å². The predicted molar refractivity (Wildman–Crippen MR) is 84.6 cm³/mol. The van der Waals surface area contributed by atoms with Crippen molar-refractivity contribution in [1.29, 1.82) is 0 Å². The molecule has 1 unspecified atom stereocenters. The SMILES string of the molecule is CCCCCC(C)NCCNCCc1ccccc1. The fourth-order valence-corrected chi connectivity index (χ4v) is 2.21. The molecule has 0 spiro atoms. The van der Waals surface area contributed by atoms with Gasteiger partial charge in [-0.05, 0) is 31.9 Å². The highest BCUT2D eigenvalue weighted by Crippen LogP contribution is 2.02. The summed E-state index contributed by atoms with van der Waals surface area (Å²) in [6.45, 7) is 7.75. The van der Waals surface area contributed by atoms with Gasteiger partial charge in [-0.2, -0.15) is 0 Å². The zero-order chi connectivity index (χ0) is 13.8. The summed E-state index contributed by atoms with van der Waals surface area (Å²) in [6.07, 6.45) is 6.45. The van der Waals surface area contributed by atoms with E-state index >= 15 is 0 Å². The summed E-state index contributed by atoms with van der Waals surface area (Å²) in [6, 6.07) is 11.3. The van der Waals surface area contributed by atoms with E-state index in [-0.39, 0.29) is 0 Å². The van der Waals surface area contributed by atoms with Gasteiger partial charge in [-0.3, -0.25) is 0 Å². The quantitative estimate of drug-likeness (QED) is 0.597. The fraction of sp³-hybridized carbons (Fsp3) is 0.647. The first kappa shape index (κ1) is 16.2. The third kappa shape index (κ3) is 8.79. The lowest BCUT2D eigenvalue weighted by Crippen LogP contribution is -2.34. The van der Waals surface area contributed by atoms with Gasteiger partial charge >= 0.3 is 0 Å². The van der Waals surface area contributed by atoms with Crippen LogP contribution in [-0.4, -0.2) is 25.7 Å². The highest BCUT2D eigenvalue weighted by Gasteiger charge is 1.99. The minimum absolute atomic E-state index is 0.655. The second kappa shape index (κ2) is 11.0. The van der Waals surface area contributed by atoms with Gasteiger partial charge in [0, 0.05) is 19.1 Å². The second-order valence-electron chi connectivity index (χ2n) is 5.34. The van der Waals surface area contributed by atoms with E-state index in [4.69, 9.17) is 0 Å². The molecule has 0 aliphatic heterocycles. The van der Waals surface area contributed by atoms with E-state index in [2.05, 4.69) is 54.8 Å². The molecule has 0 aliphatic rings. The molecule has 1 rings (SSSR count). The van der Waals surface area contributed by atoms with Crippen LogP contribution >= 0.6 is 0 Å². The molecular weight excluding hydrogens is 232 g/mol. The lowest BCUT2D eigenvalue weighted by Gasteiger charge is -2.13. The molecule has 0 radical (unpaired) electrons. The Balaban J connectivity index is 1.91. The Labute approximate surface area is 119 Å². The molecule has 1 aromatic rings. The summed E-state index contributed by atoms with van der Waals surface area (Å²) < 4.78 is 0. The molecule has 108 valence electrons. The zero-order valence-electron chi connectivity index (χ0n) is 12.6. The Bertz CT molecular complexity index is 297. The summed E-state index contributed by atoms with van der Waals surface area (Å²) in [4.78, 5) is 0. The van der Waals surface area contributed by atoms with Gasteiger partial charge in [0.05, 0.1) is 0 Å². The lowest BCUT2D eigenvalue weighted by atomic mass is 10.1. The van der Waals surface area contributed by atoms with Gasteiger partial charge in [-0.25, -0.2) is 0 Å². The summed E-state index contributed by atoms with van der Waals surface area (Å²) >= 11 is 0. The van der Waals surface area contributed by atoms with Crippen molar-refractivity contribution in [2.45, 2.75) is 52.0 Å². The van der Waals surface area contributed by atoms with Gasteiger partial charge in [-0.1, -0.05) is 56.5 Å². The van der Waals surface area contributed by atoms with Crippen LogP contribution in [-0.2, 0) is 6.42 Å². The summed E-state index contributed by atoms with van der Waals surface area (Å²) in [5, 5.41) is 7.07. The molecule has 1 atom stereocenters. The van der Waals surface area contributed by atoms with Crippen LogP contribution in [0.4, 0.5) is 0 Å². The first-order valence-corrected chi connectivity index (χ1v) is 7.81. The predicted octanol–water partition coefficient (Wildman–Crippen LogP) is 3.38. The maximum Gasteiger partial charge on any atom is 0.00792 e. The number of benzene rings is 1. The number of hydrogen-bond donors (Lipinski definition) is 2. The van der Waals surface area contributed by atoms with Gasteiger partial charge in [-0.15, -0.1) is 0 Å². The highest BCUT2D eigenvalue weighted by molar-refractivity contribution is 5.14. The average Bonchev–Trinajstić information content (AvgIpc) is 2.44. The molecule has 1 aromatic carbocycles. The Morgan fingerprint density at radius 1 is 1.00 bits per heavy atom. The van der Waals surface area contributed by atoms with E-state index in [9.17, 15) is 0 Å². The van der Waals surface area contributed by atoms with Gasteiger partial charge in [0.2, 0.25) is 0 Å². The van der Waals surface area contributed by atoms with Crippen molar-refractivity contribution in [2.24, 2.45) is 0 Å². The molecule has 0 saturated carbocycles. The van der Waals surface area contributed by atoms with Crippen LogP contribution in [0.15, 0.2) is 30.3 Å². The molecule has 19 heavy (non-hydrogen) atoms. The van der Waals surface area contributed by atoms with E-state index in [0.717, 1.165) is 26.1 Å². The van der Waals surface area contributed by atoms with Crippen LogP contribution in [0.5, 0.6) is 0 Å². The van der Waals surface area contributed by atoms with Crippen LogP contribution in [0, 0.1) is 0 Å². The molecule has 0 saturated heterocycles. The number of unbranched alkanes of at least 4 members (excludes halogenated alkanes) is 2. The van der Waals surface area contributed by atoms with Gasteiger partial charge in [0.15, 0.2) is 0 Å². The van der Waals surface area contributed by atoms with Gasteiger partial charge < -0.3 is 10.6 Å². The molecule has 0 heterocycles. The van der Waals surface area contributed by atoms with Crippen LogP contribution < -0.4 is 10.6 Å². The Morgan fingerprint density at radius 2 is 1.79 bits per heavy atom. The lowest BCUT2D eigenvalue weighted by molar-refractivity contribution is 0.480. The van der Waals surface area contributed by atoms with Gasteiger partial charge in [0.25, 0.3) is 0 Å². The smallest absolute Gasteiger partial charge is 0.00792 e. The summed E-state index contributed by atoms with van der Waals surface area (Å²) in [5.41, 5.74) is 1.41. The van der Waals surface area contributed by atoms with Crippen molar-refractivity contribution < 1.29 is 0 Å². The highest BCUT2D eigenvalue weighted by atomic mass is 15.0. The maximum atomic E-state index is 3.58. The molecule has 0 bridgehead atoms. The molecule has 0 aromatic heterocycles. The third-order valence-corrected chi connectivity index (χ3v) is 3.47. The standard InChI is InChI=1S/C17H30N2/c1-3-4-6-9-16(2)19-15-14-18-13-12-17-10-7-5-8-11-17/h5,7-8,10-11,16,18-19H,3-4,6,9,12-15H2,1-2H3. The Hall–Kier alpha value is -0.860. The van der Waals surface area contributed by atoms with Crippen molar-refractivity contribution in [3.63, 3.8) is 0 Å². The molecule has 0 fully saturated rings. The largest absolute Gasteiger partial charge is 0.315 e. The minimum atomic E-state index is 0.655. The fourth-order valence-electron chi connectivity index (χ4n) is 2.21. The van der Waals surface area contributed by atoms with Crippen LogP contribution in [0.3, 0.4) is 0 Å². The van der Waals surface area contributed by atoms with Crippen molar-refractivity contribution in [3.05, 3.63) is 35.9 Å². The molecule has 2 N–H and O–H groups in total. The van der Waals surface area contributed by atoms with E-state index in [0.29, 0.717) is 6.04 Å². The normalized spacial score (nSPS) is 12.5. The monoisotopic (exact) mass is 262 g/mol. The molecule has 0 amide bonds. The third-order valence-electron chi connectivity index (χ3n) is 3.47. The van der Waals surface area contributed by atoms with Crippen molar-refractivity contribution in [3.8, 4) is 0 Å². The van der Waals surface area contributed by atoms with Crippen LogP contribution in [0.25, 0.3) is 0 Å². The van der Waals surface area contributed by atoms with Crippen molar-refractivity contribution in [1.82, 2.24) is 10.6 Å². The summed E-state index contributed by atoms with van der Waals surface area (Å²) in [5.74, 6) is 0. The average molecular weight is 262 g/mol.